The van der Waals surface area contributed by atoms with Crippen LogP contribution in [-0.4, -0.2) is 48.0 Å². The van der Waals surface area contributed by atoms with Gasteiger partial charge in [-0.3, -0.25) is 9.59 Å². The maximum absolute atomic E-state index is 12.5. The number of nitrogens with one attached hydrogen (secondary N) is 1. The van der Waals surface area contributed by atoms with Gasteiger partial charge in [0.2, 0.25) is 5.91 Å². The van der Waals surface area contributed by atoms with Crippen LogP contribution in [0.1, 0.15) is 45.4 Å². The van der Waals surface area contributed by atoms with E-state index in [0.29, 0.717) is 19.7 Å². The van der Waals surface area contributed by atoms with Gasteiger partial charge in [-0.25, -0.2) is 4.68 Å². The second kappa shape index (κ2) is 8.20. The molecule has 1 aliphatic carbocycles. The Morgan fingerprint density at radius 1 is 1.38 bits per heavy atom. The van der Waals surface area contributed by atoms with E-state index in [-0.39, 0.29) is 23.0 Å². The Labute approximate surface area is 154 Å². The predicted molar refractivity (Wildman–Crippen MR) is 100 cm³/mol. The Balaban J connectivity index is 1.48. The highest BCUT2D eigenvalue weighted by atomic mass is 16.5. The Bertz CT molecular complexity index is 682. The van der Waals surface area contributed by atoms with Crippen molar-refractivity contribution in [1.29, 1.82) is 0 Å². The molecule has 1 N–H and O–H groups in total. The lowest BCUT2D eigenvalue weighted by Crippen LogP contribution is -2.45. The molecular weight excluding hydrogens is 332 g/mol. The fourth-order valence-corrected chi connectivity index (χ4v) is 3.88. The summed E-state index contributed by atoms with van der Waals surface area (Å²) in [5.41, 5.74) is 0.520. The largest absolute Gasteiger partial charge is 0.374 e. The molecule has 1 amide bonds. The molecule has 1 saturated heterocycles. The van der Waals surface area contributed by atoms with Crippen LogP contribution in [0.25, 0.3) is 0 Å². The average Bonchev–Trinajstić information content (AvgIpc) is 2.65. The van der Waals surface area contributed by atoms with E-state index in [0.717, 1.165) is 44.3 Å². The SMILES string of the molecule is Cn1ncc(N2CCO[C@@H](CCNC(=O)C3(C)CCCCC3)C2)cc1=O. The number of aryl methyl sites for hydroxylation is 1. The van der Waals surface area contributed by atoms with Crippen molar-refractivity contribution in [3.05, 3.63) is 22.6 Å². The van der Waals surface area contributed by atoms with Crippen molar-refractivity contribution in [3.8, 4) is 0 Å². The number of carbonyl (C=O) groups is 1. The first-order valence-corrected chi connectivity index (χ1v) is 9.66. The highest BCUT2D eigenvalue weighted by Crippen LogP contribution is 2.35. The van der Waals surface area contributed by atoms with Crippen molar-refractivity contribution in [2.24, 2.45) is 12.5 Å². The number of rotatable bonds is 5. The Morgan fingerprint density at radius 2 is 2.15 bits per heavy atom. The van der Waals surface area contributed by atoms with E-state index in [9.17, 15) is 9.59 Å². The molecule has 0 spiro atoms. The third-order valence-corrected chi connectivity index (χ3v) is 5.71. The molecule has 1 aromatic heterocycles. The zero-order valence-electron chi connectivity index (χ0n) is 15.9. The van der Waals surface area contributed by atoms with Gasteiger partial charge in [-0.1, -0.05) is 26.2 Å². The number of ether oxygens (including phenoxy) is 1. The summed E-state index contributed by atoms with van der Waals surface area (Å²) in [5, 5.41) is 7.20. The molecule has 2 aliphatic rings. The summed E-state index contributed by atoms with van der Waals surface area (Å²) in [5.74, 6) is 0.181. The topological polar surface area (TPSA) is 76.5 Å². The zero-order valence-corrected chi connectivity index (χ0v) is 15.9. The van der Waals surface area contributed by atoms with E-state index in [1.165, 1.54) is 11.1 Å². The van der Waals surface area contributed by atoms with Crippen LogP contribution in [0.3, 0.4) is 0 Å². The number of amides is 1. The normalized spacial score (nSPS) is 22.8. The number of aromatic nitrogens is 2. The number of hydrogen-bond donors (Lipinski definition) is 1. The minimum Gasteiger partial charge on any atom is -0.374 e. The molecule has 2 heterocycles. The van der Waals surface area contributed by atoms with Gasteiger partial charge in [0, 0.05) is 38.2 Å². The van der Waals surface area contributed by atoms with Crippen LogP contribution >= 0.6 is 0 Å². The quantitative estimate of drug-likeness (QED) is 0.858. The third kappa shape index (κ3) is 4.44. The maximum atomic E-state index is 12.5. The van der Waals surface area contributed by atoms with Crippen molar-refractivity contribution >= 4 is 11.6 Å². The van der Waals surface area contributed by atoms with Crippen molar-refractivity contribution in [2.75, 3.05) is 31.1 Å². The van der Waals surface area contributed by atoms with Crippen LogP contribution in [0.5, 0.6) is 0 Å². The molecule has 1 aromatic rings. The van der Waals surface area contributed by atoms with Crippen molar-refractivity contribution in [1.82, 2.24) is 15.1 Å². The van der Waals surface area contributed by atoms with Crippen LogP contribution in [0.4, 0.5) is 5.69 Å². The summed E-state index contributed by atoms with van der Waals surface area (Å²) in [6.07, 6.45) is 8.06. The zero-order chi connectivity index (χ0) is 18.6. The van der Waals surface area contributed by atoms with Gasteiger partial charge in [-0.15, -0.1) is 0 Å². The molecule has 1 aliphatic heterocycles. The molecule has 0 bridgehead atoms. The third-order valence-electron chi connectivity index (χ3n) is 5.71. The summed E-state index contributed by atoms with van der Waals surface area (Å²) >= 11 is 0. The van der Waals surface area contributed by atoms with Crippen LogP contribution in [0.15, 0.2) is 17.1 Å². The van der Waals surface area contributed by atoms with Crippen LogP contribution in [-0.2, 0) is 16.6 Å². The molecule has 26 heavy (non-hydrogen) atoms. The minimum atomic E-state index is -0.201. The van der Waals surface area contributed by atoms with Gasteiger partial charge in [0.1, 0.15) is 0 Å². The van der Waals surface area contributed by atoms with Gasteiger partial charge in [-0.05, 0) is 19.3 Å². The predicted octanol–water partition coefficient (Wildman–Crippen LogP) is 1.46. The van der Waals surface area contributed by atoms with E-state index >= 15 is 0 Å². The van der Waals surface area contributed by atoms with Gasteiger partial charge in [0.15, 0.2) is 0 Å². The van der Waals surface area contributed by atoms with E-state index in [2.05, 4.69) is 22.2 Å². The second-order valence-electron chi connectivity index (χ2n) is 7.78. The summed E-state index contributed by atoms with van der Waals surface area (Å²) in [4.78, 5) is 26.4. The van der Waals surface area contributed by atoms with Crippen molar-refractivity contribution < 1.29 is 9.53 Å². The number of carbonyl (C=O) groups excluding carboxylic acids is 1. The van der Waals surface area contributed by atoms with E-state index in [1.807, 2.05) is 0 Å². The van der Waals surface area contributed by atoms with Gasteiger partial charge >= 0.3 is 0 Å². The average molecular weight is 362 g/mol. The second-order valence-corrected chi connectivity index (χ2v) is 7.78. The standard InChI is InChI=1S/C19H30N4O3/c1-19(7-4-3-5-8-19)18(25)20-9-6-16-14-23(10-11-26-16)15-12-17(24)22(2)21-13-15/h12-13,16H,3-11,14H2,1-2H3,(H,20,25)/t16-/m0/s1. The molecule has 1 atom stereocenters. The molecule has 7 heteroatoms. The Kier molecular flexibility index (Phi) is 5.96. The molecule has 144 valence electrons. The Hall–Kier alpha value is -1.89. The van der Waals surface area contributed by atoms with E-state index in [1.54, 1.807) is 19.3 Å². The summed E-state index contributed by atoms with van der Waals surface area (Å²) in [6, 6.07) is 1.61. The number of hydrogen-bond acceptors (Lipinski definition) is 5. The van der Waals surface area contributed by atoms with Gasteiger partial charge in [0.05, 0.1) is 24.6 Å². The van der Waals surface area contributed by atoms with E-state index in [4.69, 9.17) is 4.74 Å². The molecular formula is C19H30N4O3. The molecule has 7 nitrogen and oxygen atoms in total. The highest BCUT2D eigenvalue weighted by Gasteiger charge is 2.34. The fraction of sp³-hybridized carbons (Fsp3) is 0.737. The smallest absolute Gasteiger partial charge is 0.268 e. The van der Waals surface area contributed by atoms with Crippen molar-refractivity contribution in [2.45, 2.75) is 51.6 Å². The monoisotopic (exact) mass is 362 g/mol. The van der Waals surface area contributed by atoms with Gasteiger partial charge in [0.25, 0.3) is 5.56 Å². The summed E-state index contributed by atoms with van der Waals surface area (Å²) in [7, 11) is 1.64. The first kappa shape index (κ1) is 18.9. The van der Waals surface area contributed by atoms with Gasteiger partial charge in [-0.2, -0.15) is 5.10 Å². The van der Waals surface area contributed by atoms with Crippen LogP contribution in [0.2, 0.25) is 0 Å². The first-order chi connectivity index (χ1) is 12.5. The molecule has 3 rings (SSSR count). The van der Waals surface area contributed by atoms with Crippen molar-refractivity contribution in [3.63, 3.8) is 0 Å². The lowest BCUT2D eigenvalue weighted by Gasteiger charge is -2.35. The lowest BCUT2D eigenvalue weighted by molar-refractivity contribution is -0.132. The number of anilines is 1. The van der Waals surface area contributed by atoms with Crippen LogP contribution < -0.4 is 15.8 Å². The highest BCUT2D eigenvalue weighted by molar-refractivity contribution is 5.82. The van der Waals surface area contributed by atoms with E-state index < -0.39 is 0 Å². The first-order valence-electron chi connectivity index (χ1n) is 9.66. The summed E-state index contributed by atoms with van der Waals surface area (Å²) in [6.45, 7) is 4.79. The molecule has 2 fully saturated rings. The van der Waals surface area contributed by atoms with Gasteiger partial charge < -0.3 is 15.0 Å². The number of nitrogens with zero attached hydrogens (tertiary/aromatic N) is 3. The molecule has 0 unspecified atom stereocenters. The summed E-state index contributed by atoms with van der Waals surface area (Å²) < 4.78 is 7.16. The lowest BCUT2D eigenvalue weighted by atomic mass is 9.75. The molecule has 1 saturated carbocycles. The number of morpholine rings is 1. The molecule has 0 aromatic carbocycles. The molecule has 0 radical (unpaired) electrons. The Morgan fingerprint density at radius 3 is 2.88 bits per heavy atom. The minimum absolute atomic E-state index is 0.0484. The maximum Gasteiger partial charge on any atom is 0.268 e. The van der Waals surface area contributed by atoms with Crippen LogP contribution in [0, 0.1) is 5.41 Å². The fourth-order valence-electron chi connectivity index (χ4n) is 3.88.